The van der Waals surface area contributed by atoms with Crippen molar-refractivity contribution < 1.29 is 9.47 Å². The van der Waals surface area contributed by atoms with Crippen molar-refractivity contribution in [1.82, 2.24) is 9.97 Å². The maximum absolute atomic E-state index is 6.28. The quantitative estimate of drug-likeness (QED) is 0.690. The van der Waals surface area contributed by atoms with Gasteiger partial charge in [-0.2, -0.15) is 0 Å². The molecule has 0 radical (unpaired) electrons. The average Bonchev–Trinajstić information content (AvgIpc) is 2.55. The van der Waals surface area contributed by atoms with Crippen molar-refractivity contribution in [3.8, 4) is 17.1 Å². The van der Waals surface area contributed by atoms with Gasteiger partial charge in [-0.15, -0.1) is 0 Å². The van der Waals surface area contributed by atoms with Gasteiger partial charge in [-0.3, -0.25) is 0 Å². The van der Waals surface area contributed by atoms with E-state index in [9.17, 15) is 0 Å². The molecular formula is C15H17ClN4O2. The highest BCUT2D eigenvalue weighted by Crippen LogP contribution is 2.35. The molecule has 0 saturated carbocycles. The van der Waals surface area contributed by atoms with Crippen LogP contribution in [0.3, 0.4) is 0 Å². The highest BCUT2D eigenvalue weighted by Gasteiger charge is 2.21. The molecule has 1 saturated heterocycles. The van der Waals surface area contributed by atoms with E-state index in [1.54, 1.807) is 7.11 Å². The Bertz CT molecular complexity index is 657. The van der Waals surface area contributed by atoms with Crippen LogP contribution in [0.5, 0.6) is 5.75 Å². The molecule has 2 heterocycles. The topological polar surface area (TPSA) is 73.5 Å². The second-order valence-corrected chi connectivity index (χ2v) is 5.27. The van der Waals surface area contributed by atoms with Crippen LogP contribution >= 0.6 is 11.6 Å². The Hall–Kier alpha value is -2.05. The van der Waals surface area contributed by atoms with Crippen LogP contribution in [0.25, 0.3) is 11.4 Å². The third-order valence-electron chi connectivity index (χ3n) is 3.49. The predicted octanol–water partition coefficient (Wildman–Crippen LogP) is 2.22. The summed E-state index contributed by atoms with van der Waals surface area (Å²) in [5, 5.41) is 0.297. The molecule has 0 amide bonds. The number of ether oxygens (including phenoxy) is 2. The number of aromatic nitrogens is 2. The SMILES string of the molecule is COc1c(Cl)nc(-c2ccc(N)cc2)nc1N1CCOCC1. The zero-order valence-electron chi connectivity index (χ0n) is 12.3. The van der Waals surface area contributed by atoms with E-state index in [4.69, 9.17) is 26.8 Å². The van der Waals surface area contributed by atoms with E-state index < -0.39 is 0 Å². The summed E-state index contributed by atoms with van der Waals surface area (Å²) in [6.45, 7) is 2.79. The molecule has 22 heavy (non-hydrogen) atoms. The van der Waals surface area contributed by atoms with Crippen molar-refractivity contribution in [2.24, 2.45) is 0 Å². The van der Waals surface area contributed by atoms with E-state index in [0.717, 1.165) is 18.7 Å². The van der Waals surface area contributed by atoms with Crippen molar-refractivity contribution in [2.75, 3.05) is 44.0 Å². The number of morpholine rings is 1. The van der Waals surface area contributed by atoms with Gasteiger partial charge in [0.1, 0.15) is 0 Å². The zero-order valence-corrected chi connectivity index (χ0v) is 13.0. The normalized spacial score (nSPS) is 14.9. The first kappa shape index (κ1) is 14.9. The fourth-order valence-electron chi connectivity index (χ4n) is 2.34. The summed E-state index contributed by atoms with van der Waals surface area (Å²) in [6, 6.07) is 7.36. The Morgan fingerprint density at radius 1 is 1.18 bits per heavy atom. The third-order valence-corrected chi connectivity index (χ3v) is 3.75. The van der Waals surface area contributed by atoms with Gasteiger partial charge in [0.15, 0.2) is 22.5 Å². The van der Waals surface area contributed by atoms with Crippen LogP contribution in [-0.2, 0) is 4.74 Å². The highest BCUT2D eigenvalue weighted by atomic mass is 35.5. The van der Waals surface area contributed by atoms with Crippen LogP contribution < -0.4 is 15.4 Å². The van der Waals surface area contributed by atoms with Crippen LogP contribution in [-0.4, -0.2) is 43.4 Å². The zero-order chi connectivity index (χ0) is 15.5. The molecule has 1 fully saturated rings. The van der Waals surface area contributed by atoms with Crippen LogP contribution in [0.15, 0.2) is 24.3 Å². The molecule has 3 rings (SSSR count). The molecule has 116 valence electrons. The van der Waals surface area contributed by atoms with E-state index in [2.05, 4.69) is 14.9 Å². The van der Waals surface area contributed by atoms with E-state index in [0.29, 0.717) is 41.4 Å². The smallest absolute Gasteiger partial charge is 0.199 e. The molecular weight excluding hydrogens is 304 g/mol. The number of nitrogens with two attached hydrogens (primary N) is 1. The van der Waals surface area contributed by atoms with E-state index in [1.807, 2.05) is 24.3 Å². The first-order valence-electron chi connectivity index (χ1n) is 6.99. The van der Waals surface area contributed by atoms with Crippen molar-refractivity contribution in [1.29, 1.82) is 0 Å². The Balaban J connectivity index is 2.05. The Morgan fingerprint density at radius 2 is 1.86 bits per heavy atom. The van der Waals surface area contributed by atoms with Gasteiger partial charge in [0, 0.05) is 24.3 Å². The number of hydrogen-bond acceptors (Lipinski definition) is 6. The first-order chi connectivity index (χ1) is 10.7. The van der Waals surface area contributed by atoms with E-state index in [1.165, 1.54) is 0 Å². The van der Waals surface area contributed by atoms with Gasteiger partial charge < -0.3 is 20.1 Å². The van der Waals surface area contributed by atoms with Gasteiger partial charge >= 0.3 is 0 Å². The monoisotopic (exact) mass is 320 g/mol. The molecule has 2 N–H and O–H groups in total. The number of rotatable bonds is 3. The van der Waals surface area contributed by atoms with Gasteiger partial charge in [-0.1, -0.05) is 11.6 Å². The summed E-state index contributed by atoms with van der Waals surface area (Å²) in [5.74, 6) is 1.73. The van der Waals surface area contributed by atoms with Gasteiger partial charge in [0.2, 0.25) is 0 Å². The Morgan fingerprint density at radius 3 is 2.50 bits per heavy atom. The molecule has 0 spiro atoms. The van der Waals surface area contributed by atoms with Crippen molar-refractivity contribution in [3.63, 3.8) is 0 Å². The molecule has 1 aromatic carbocycles. The van der Waals surface area contributed by atoms with E-state index in [-0.39, 0.29) is 0 Å². The van der Waals surface area contributed by atoms with Crippen molar-refractivity contribution in [2.45, 2.75) is 0 Å². The lowest BCUT2D eigenvalue weighted by Gasteiger charge is -2.29. The molecule has 1 aliphatic heterocycles. The third kappa shape index (κ3) is 2.93. The van der Waals surface area contributed by atoms with Crippen molar-refractivity contribution >= 4 is 23.1 Å². The molecule has 0 aliphatic carbocycles. The highest BCUT2D eigenvalue weighted by molar-refractivity contribution is 6.31. The molecule has 2 aromatic rings. The predicted molar refractivity (Wildman–Crippen MR) is 86.5 cm³/mol. The number of nitrogen functional groups attached to an aromatic ring is 1. The van der Waals surface area contributed by atoms with E-state index >= 15 is 0 Å². The maximum atomic E-state index is 6.28. The van der Waals surface area contributed by atoms with Crippen LogP contribution in [0.1, 0.15) is 0 Å². The number of methoxy groups -OCH3 is 1. The van der Waals surface area contributed by atoms with Crippen LogP contribution in [0, 0.1) is 0 Å². The first-order valence-corrected chi connectivity index (χ1v) is 7.37. The van der Waals surface area contributed by atoms with Gasteiger partial charge in [0.25, 0.3) is 0 Å². The fraction of sp³-hybridized carbons (Fsp3) is 0.333. The van der Waals surface area contributed by atoms with Crippen LogP contribution in [0.2, 0.25) is 5.15 Å². The Kier molecular flexibility index (Phi) is 4.31. The number of nitrogens with zero attached hydrogens (tertiary/aromatic N) is 3. The van der Waals surface area contributed by atoms with Crippen molar-refractivity contribution in [3.05, 3.63) is 29.4 Å². The summed E-state index contributed by atoms with van der Waals surface area (Å²) in [6.07, 6.45) is 0. The van der Waals surface area contributed by atoms with Crippen LogP contribution in [0.4, 0.5) is 11.5 Å². The second-order valence-electron chi connectivity index (χ2n) is 4.92. The summed E-state index contributed by atoms with van der Waals surface area (Å²) in [5.41, 5.74) is 7.26. The molecule has 6 nitrogen and oxygen atoms in total. The lowest BCUT2D eigenvalue weighted by Crippen LogP contribution is -2.37. The summed E-state index contributed by atoms with van der Waals surface area (Å²) in [7, 11) is 1.57. The summed E-state index contributed by atoms with van der Waals surface area (Å²) < 4.78 is 10.8. The minimum absolute atomic E-state index is 0.297. The molecule has 1 aliphatic rings. The lowest BCUT2D eigenvalue weighted by atomic mass is 10.2. The minimum atomic E-state index is 0.297. The molecule has 0 unspecified atom stereocenters. The Labute approximate surface area is 133 Å². The molecule has 0 atom stereocenters. The average molecular weight is 321 g/mol. The number of hydrogen-bond donors (Lipinski definition) is 1. The second kappa shape index (κ2) is 6.37. The summed E-state index contributed by atoms with van der Waals surface area (Å²) in [4.78, 5) is 11.1. The number of halogens is 1. The minimum Gasteiger partial charge on any atom is -0.490 e. The standard InChI is InChI=1S/C15H17ClN4O2/c1-21-12-13(16)18-14(10-2-4-11(17)5-3-10)19-15(12)20-6-8-22-9-7-20/h2-5H,6-9,17H2,1H3. The lowest BCUT2D eigenvalue weighted by molar-refractivity contribution is 0.122. The van der Waals surface area contributed by atoms with Gasteiger partial charge in [-0.25, -0.2) is 9.97 Å². The fourth-order valence-corrected chi connectivity index (χ4v) is 2.58. The maximum Gasteiger partial charge on any atom is 0.199 e. The van der Waals surface area contributed by atoms with Gasteiger partial charge in [-0.05, 0) is 24.3 Å². The molecule has 1 aromatic heterocycles. The van der Waals surface area contributed by atoms with Gasteiger partial charge in [0.05, 0.1) is 20.3 Å². The molecule has 7 heteroatoms. The number of benzene rings is 1. The largest absolute Gasteiger partial charge is 0.490 e. The summed E-state index contributed by atoms with van der Waals surface area (Å²) >= 11 is 6.28. The molecule has 0 bridgehead atoms. The number of anilines is 2.